The summed E-state index contributed by atoms with van der Waals surface area (Å²) in [5, 5.41) is 8.30. The fourth-order valence-corrected chi connectivity index (χ4v) is 4.73. The molecule has 4 aromatic rings. The van der Waals surface area contributed by atoms with Crippen molar-refractivity contribution >= 4 is 33.1 Å². The van der Waals surface area contributed by atoms with Crippen LogP contribution in [0.4, 0.5) is 0 Å². The predicted molar refractivity (Wildman–Crippen MR) is 100 cm³/mol. The van der Waals surface area contributed by atoms with Crippen molar-refractivity contribution in [3.8, 4) is 0 Å². The number of amides is 1. The lowest BCUT2D eigenvalue weighted by atomic mass is 9.97. The maximum Gasteiger partial charge on any atom is 0.291 e. The largest absolute Gasteiger partial charge is 0.345 e. The van der Waals surface area contributed by atoms with E-state index in [1.165, 1.54) is 23.3 Å². The number of hydrogen-bond acceptors (Lipinski definition) is 5. The molecule has 0 radical (unpaired) electrons. The van der Waals surface area contributed by atoms with E-state index in [2.05, 4.69) is 20.4 Å². The maximum absolute atomic E-state index is 12.5. The molecule has 130 valence electrons. The minimum absolute atomic E-state index is 0.186. The summed E-state index contributed by atoms with van der Waals surface area (Å²) in [7, 11) is 0. The summed E-state index contributed by atoms with van der Waals surface area (Å²) < 4.78 is 1.63. The SMILES string of the molecule is O=C(NCc1ccccc1)c1nc2c3c4c(sc3ncn2n1)CCCC4. The molecule has 0 bridgehead atoms. The standard InChI is InChI=1S/C19H17N5OS/c25-18(20-10-12-6-2-1-3-7-12)16-22-17-15-13-8-4-5-9-14(13)26-19(15)21-11-24(17)23-16/h1-3,6-7,11H,4-5,8-10H2,(H,20,25). The van der Waals surface area contributed by atoms with Crippen LogP contribution in [0.3, 0.4) is 0 Å². The van der Waals surface area contributed by atoms with Gasteiger partial charge in [0.1, 0.15) is 11.2 Å². The molecular weight excluding hydrogens is 346 g/mol. The van der Waals surface area contributed by atoms with Gasteiger partial charge in [-0.3, -0.25) is 4.79 Å². The van der Waals surface area contributed by atoms with Crippen molar-refractivity contribution in [2.24, 2.45) is 0 Å². The van der Waals surface area contributed by atoms with E-state index >= 15 is 0 Å². The highest BCUT2D eigenvalue weighted by Gasteiger charge is 2.22. The third-order valence-electron chi connectivity index (χ3n) is 4.79. The van der Waals surface area contributed by atoms with Crippen molar-refractivity contribution in [2.45, 2.75) is 32.2 Å². The van der Waals surface area contributed by atoms with Crippen molar-refractivity contribution < 1.29 is 4.79 Å². The van der Waals surface area contributed by atoms with Crippen LogP contribution in [-0.2, 0) is 19.4 Å². The summed E-state index contributed by atoms with van der Waals surface area (Å²) >= 11 is 1.75. The number of fused-ring (bicyclic) bond motifs is 5. The molecule has 0 unspecified atom stereocenters. The first-order valence-corrected chi connectivity index (χ1v) is 9.59. The highest BCUT2D eigenvalue weighted by atomic mass is 32.1. The lowest BCUT2D eigenvalue weighted by molar-refractivity contribution is 0.0940. The second-order valence-electron chi connectivity index (χ2n) is 6.51. The Kier molecular flexibility index (Phi) is 3.67. The van der Waals surface area contributed by atoms with Crippen LogP contribution in [0.5, 0.6) is 0 Å². The molecule has 1 amide bonds. The number of aryl methyl sites for hydroxylation is 2. The first kappa shape index (κ1) is 15.5. The molecule has 0 spiro atoms. The molecule has 0 fully saturated rings. The maximum atomic E-state index is 12.5. The minimum atomic E-state index is -0.269. The molecule has 7 heteroatoms. The minimum Gasteiger partial charge on any atom is -0.345 e. The second-order valence-corrected chi connectivity index (χ2v) is 7.59. The van der Waals surface area contributed by atoms with Crippen LogP contribution in [-0.4, -0.2) is 25.5 Å². The Labute approximate surface area is 153 Å². The number of benzene rings is 1. The van der Waals surface area contributed by atoms with Gasteiger partial charge in [-0.05, 0) is 36.8 Å². The lowest BCUT2D eigenvalue weighted by Gasteiger charge is -2.09. The summed E-state index contributed by atoms with van der Waals surface area (Å²) in [5.74, 6) is -0.0826. The van der Waals surface area contributed by atoms with Gasteiger partial charge in [0.25, 0.3) is 5.91 Å². The predicted octanol–water partition coefficient (Wildman–Crippen LogP) is 3.15. The smallest absolute Gasteiger partial charge is 0.291 e. The highest BCUT2D eigenvalue weighted by molar-refractivity contribution is 7.19. The Bertz CT molecular complexity index is 1120. The normalized spacial score (nSPS) is 13.8. The van der Waals surface area contributed by atoms with Crippen LogP contribution in [0.25, 0.3) is 15.9 Å². The van der Waals surface area contributed by atoms with Crippen LogP contribution in [0.15, 0.2) is 36.7 Å². The third kappa shape index (κ3) is 2.55. The zero-order valence-electron chi connectivity index (χ0n) is 14.1. The van der Waals surface area contributed by atoms with Crippen LogP contribution >= 0.6 is 11.3 Å². The van der Waals surface area contributed by atoms with Crippen molar-refractivity contribution in [2.75, 3.05) is 0 Å². The van der Waals surface area contributed by atoms with Gasteiger partial charge in [0.05, 0.1) is 5.39 Å². The molecule has 0 saturated heterocycles. The topological polar surface area (TPSA) is 72.2 Å². The molecule has 0 atom stereocenters. The van der Waals surface area contributed by atoms with Gasteiger partial charge >= 0.3 is 0 Å². The zero-order valence-corrected chi connectivity index (χ0v) is 14.9. The van der Waals surface area contributed by atoms with E-state index in [4.69, 9.17) is 0 Å². The summed E-state index contributed by atoms with van der Waals surface area (Å²) in [4.78, 5) is 24.0. The van der Waals surface area contributed by atoms with E-state index in [0.29, 0.717) is 6.54 Å². The fourth-order valence-electron chi connectivity index (χ4n) is 3.51. The Morgan fingerprint density at radius 2 is 2.04 bits per heavy atom. The lowest BCUT2D eigenvalue weighted by Crippen LogP contribution is -2.24. The van der Waals surface area contributed by atoms with Gasteiger partial charge in [0, 0.05) is 11.4 Å². The molecule has 26 heavy (non-hydrogen) atoms. The quantitative estimate of drug-likeness (QED) is 0.607. The molecule has 0 saturated carbocycles. The van der Waals surface area contributed by atoms with Crippen LogP contribution in [0.2, 0.25) is 0 Å². The molecule has 1 N–H and O–H groups in total. The Balaban J connectivity index is 1.50. The zero-order chi connectivity index (χ0) is 17.5. The number of thiophene rings is 1. The number of hydrogen-bond donors (Lipinski definition) is 1. The van der Waals surface area contributed by atoms with E-state index in [1.54, 1.807) is 22.2 Å². The summed E-state index contributed by atoms with van der Waals surface area (Å²) in [6.07, 6.45) is 6.25. The van der Waals surface area contributed by atoms with E-state index in [9.17, 15) is 4.79 Å². The van der Waals surface area contributed by atoms with Gasteiger partial charge in [-0.25, -0.2) is 14.5 Å². The molecule has 3 aromatic heterocycles. The van der Waals surface area contributed by atoms with Gasteiger partial charge in [-0.15, -0.1) is 16.4 Å². The van der Waals surface area contributed by atoms with E-state index in [1.807, 2.05) is 30.3 Å². The monoisotopic (exact) mass is 363 g/mol. The summed E-state index contributed by atoms with van der Waals surface area (Å²) in [6.45, 7) is 0.455. The van der Waals surface area contributed by atoms with Crippen molar-refractivity contribution in [3.05, 3.63) is 58.5 Å². The Morgan fingerprint density at radius 3 is 2.92 bits per heavy atom. The third-order valence-corrected chi connectivity index (χ3v) is 5.99. The molecule has 1 aliphatic rings. The fraction of sp³-hybridized carbons (Fsp3) is 0.263. The van der Waals surface area contributed by atoms with Gasteiger partial charge in [0.15, 0.2) is 5.65 Å². The molecule has 3 heterocycles. The number of nitrogens with one attached hydrogen (secondary N) is 1. The number of rotatable bonds is 3. The van der Waals surface area contributed by atoms with Gasteiger partial charge in [0.2, 0.25) is 5.82 Å². The Hall–Kier alpha value is -2.80. The van der Waals surface area contributed by atoms with Gasteiger partial charge in [-0.1, -0.05) is 30.3 Å². The average molecular weight is 363 g/mol. The van der Waals surface area contributed by atoms with Crippen molar-refractivity contribution in [3.63, 3.8) is 0 Å². The number of aromatic nitrogens is 4. The van der Waals surface area contributed by atoms with E-state index < -0.39 is 0 Å². The van der Waals surface area contributed by atoms with Gasteiger partial charge in [-0.2, -0.15) is 0 Å². The number of nitrogens with zero attached hydrogens (tertiary/aromatic N) is 4. The number of carbonyl (C=O) groups excluding carboxylic acids is 1. The Morgan fingerprint density at radius 1 is 1.19 bits per heavy atom. The molecule has 1 aromatic carbocycles. The van der Waals surface area contributed by atoms with E-state index in [0.717, 1.165) is 34.3 Å². The van der Waals surface area contributed by atoms with E-state index in [-0.39, 0.29) is 11.7 Å². The first-order chi connectivity index (χ1) is 12.8. The number of carbonyl (C=O) groups is 1. The molecule has 0 aliphatic heterocycles. The first-order valence-electron chi connectivity index (χ1n) is 8.77. The summed E-state index contributed by atoms with van der Waals surface area (Å²) in [5.41, 5.74) is 3.12. The molecule has 6 nitrogen and oxygen atoms in total. The molecular formula is C19H17N5OS. The van der Waals surface area contributed by atoms with Crippen LogP contribution in [0, 0.1) is 0 Å². The van der Waals surface area contributed by atoms with Crippen LogP contribution < -0.4 is 5.32 Å². The van der Waals surface area contributed by atoms with Crippen molar-refractivity contribution in [1.82, 2.24) is 24.9 Å². The van der Waals surface area contributed by atoms with Crippen LogP contribution in [0.1, 0.15) is 39.5 Å². The average Bonchev–Trinajstić information content (AvgIpc) is 3.27. The van der Waals surface area contributed by atoms with Gasteiger partial charge < -0.3 is 5.32 Å². The summed E-state index contributed by atoms with van der Waals surface area (Å²) in [6, 6.07) is 9.80. The molecule has 1 aliphatic carbocycles. The van der Waals surface area contributed by atoms with Crippen molar-refractivity contribution in [1.29, 1.82) is 0 Å². The molecule has 5 rings (SSSR count). The highest BCUT2D eigenvalue weighted by Crippen LogP contribution is 2.36. The second kappa shape index (κ2) is 6.17.